The minimum atomic E-state index is -0.285. The van der Waals surface area contributed by atoms with Crippen LogP contribution >= 0.6 is 0 Å². The molecular formula is C32H46N2O4. The van der Waals surface area contributed by atoms with Gasteiger partial charge in [0.1, 0.15) is 13.2 Å². The van der Waals surface area contributed by atoms with Crippen LogP contribution in [0.25, 0.3) is 0 Å². The average molecular weight is 523 g/mol. The van der Waals surface area contributed by atoms with Gasteiger partial charge in [0, 0.05) is 26.2 Å². The molecule has 0 saturated heterocycles. The van der Waals surface area contributed by atoms with E-state index < -0.39 is 0 Å². The summed E-state index contributed by atoms with van der Waals surface area (Å²) in [4.78, 5) is 27.2. The Kier molecular flexibility index (Phi) is 19.2. The number of rotatable bonds is 10. The first kappa shape index (κ1) is 34.2. The molecule has 0 N–H and O–H groups in total. The van der Waals surface area contributed by atoms with Gasteiger partial charge in [-0.1, -0.05) is 99.8 Å². The van der Waals surface area contributed by atoms with Crippen LogP contribution < -0.4 is 0 Å². The topological polar surface area (TPSA) is 59.1 Å². The second kappa shape index (κ2) is 21.3. The van der Waals surface area contributed by atoms with E-state index in [0.717, 1.165) is 49.9 Å². The molecule has 2 aromatic carbocycles. The zero-order valence-electron chi connectivity index (χ0n) is 21.1. The van der Waals surface area contributed by atoms with E-state index in [1.807, 2.05) is 60.7 Å². The number of benzene rings is 2. The summed E-state index contributed by atoms with van der Waals surface area (Å²) < 4.78 is 10.6. The molecule has 6 heteroatoms. The lowest BCUT2D eigenvalue weighted by Crippen LogP contribution is -2.33. The van der Waals surface area contributed by atoms with E-state index in [9.17, 15) is 9.59 Å². The zero-order valence-corrected chi connectivity index (χ0v) is 21.1. The molecule has 1 heterocycles. The van der Waals surface area contributed by atoms with Gasteiger partial charge in [-0.15, -0.1) is 13.2 Å². The largest absolute Gasteiger partial charge is 0.445 e. The van der Waals surface area contributed by atoms with Crippen LogP contribution in [0.1, 0.15) is 51.7 Å². The van der Waals surface area contributed by atoms with Gasteiger partial charge < -0.3 is 19.3 Å². The molecule has 3 rings (SSSR count). The van der Waals surface area contributed by atoms with Crippen LogP contribution in [0.5, 0.6) is 0 Å². The Bertz CT molecular complexity index is 922. The summed E-state index contributed by atoms with van der Waals surface area (Å²) in [5.74, 6) is 0. The molecule has 0 aromatic heterocycles. The summed E-state index contributed by atoms with van der Waals surface area (Å²) in [5.41, 5.74) is 2.01. The lowest BCUT2D eigenvalue weighted by molar-refractivity contribution is 0.0969. The number of amides is 2. The van der Waals surface area contributed by atoms with Gasteiger partial charge in [-0.2, -0.15) is 0 Å². The Morgan fingerprint density at radius 1 is 0.763 bits per heavy atom. The van der Waals surface area contributed by atoms with Crippen molar-refractivity contribution < 1.29 is 19.1 Å². The van der Waals surface area contributed by atoms with E-state index in [1.54, 1.807) is 22.0 Å². The maximum Gasteiger partial charge on any atom is 0.410 e. The number of nitrogens with zero attached hydrogens (tertiary/aromatic N) is 2. The third kappa shape index (κ3) is 14.1. The van der Waals surface area contributed by atoms with Crippen molar-refractivity contribution in [3.05, 3.63) is 109 Å². The first-order valence-electron chi connectivity index (χ1n) is 12.4. The summed E-state index contributed by atoms with van der Waals surface area (Å²) in [6, 6.07) is 19.4. The molecule has 208 valence electrons. The molecule has 0 spiro atoms. The van der Waals surface area contributed by atoms with E-state index >= 15 is 0 Å². The molecule has 0 unspecified atom stereocenters. The predicted molar refractivity (Wildman–Crippen MR) is 158 cm³/mol. The molecule has 0 atom stereocenters. The van der Waals surface area contributed by atoms with Crippen LogP contribution in [0.4, 0.5) is 9.59 Å². The predicted octanol–water partition coefficient (Wildman–Crippen LogP) is 8.02. The van der Waals surface area contributed by atoms with Crippen LogP contribution in [0, 0.1) is 0 Å². The first-order chi connectivity index (χ1) is 17.6. The molecule has 0 saturated carbocycles. The van der Waals surface area contributed by atoms with Crippen LogP contribution in [0.15, 0.2) is 98.1 Å². The molecule has 1 aliphatic heterocycles. The summed E-state index contributed by atoms with van der Waals surface area (Å²) in [6.07, 6.45) is 10.7. The molecule has 6 nitrogen and oxygen atoms in total. The van der Waals surface area contributed by atoms with E-state index in [4.69, 9.17) is 9.47 Å². The summed E-state index contributed by atoms with van der Waals surface area (Å²) in [6.45, 7) is 10.8. The van der Waals surface area contributed by atoms with Gasteiger partial charge in [-0.05, 0) is 36.8 Å². The third-order valence-corrected chi connectivity index (χ3v) is 5.43. The van der Waals surface area contributed by atoms with E-state index in [0.29, 0.717) is 26.3 Å². The Balaban J connectivity index is 0.000000687. The SMILES string of the molecule is C.C.C=CCCN(CCC=C)C(=O)OCc1ccccc1.O=C(OCc1ccccc1)N1CCC=CCC1. The fourth-order valence-electron chi connectivity index (χ4n) is 3.40. The molecule has 0 aliphatic carbocycles. The highest BCUT2D eigenvalue weighted by Crippen LogP contribution is 2.08. The van der Waals surface area contributed by atoms with Crippen molar-refractivity contribution in [3.63, 3.8) is 0 Å². The smallest absolute Gasteiger partial charge is 0.410 e. The molecule has 0 fully saturated rings. The summed E-state index contributed by atoms with van der Waals surface area (Å²) in [5, 5.41) is 0. The van der Waals surface area contributed by atoms with Gasteiger partial charge >= 0.3 is 12.2 Å². The van der Waals surface area contributed by atoms with Gasteiger partial charge in [0.05, 0.1) is 0 Å². The standard InChI is InChI=1S/C16H21NO2.C14H17NO2.2CH4/c1-3-5-12-17(13-6-4-2)16(18)19-14-15-10-8-7-9-11-15;16-14(15-10-6-1-2-7-11-15)17-12-13-8-4-3-5-9-13;;/h3-4,7-11H,1-2,5-6,12-14H2;1-5,8-9H,6-7,10-12H2;2*1H4. The van der Waals surface area contributed by atoms with E-state index in [1.165, 1.54) is 0 Å². The molecule has 0 bridgehead atoms. The van der Waals surface area contributed by atoms with Crippen LogP contribution in [0.2, 0.25) is 0 Å². The quantitative estimate of drug-likeness (QED) is 0.296. The summed E-state index contributed by atoms with van der Waals surface area (Å²) >= 11 is 0. The van der Waals surface area contributed by atoms with Gasteiger partial charge in [-0.25, -0.2) is 9.59 Å². The maximum atomic E-state index is 12.0. The summed E-state index contributed by atoms with van der Waals surface area (Å²) in [7, 11) is 0. The van der Waals surface area contributed by atoms with Crippen molar-refractivity contribution in [3.8, 4) is 0 Å². The molecule has 1 aliphatic rings. The highest BCUT2D eigenvalue weighted by atomic mass is 16.6. The number of carbonyl (C=O) groups excluding carboxylic acids is 2. The van der Waals surface area contributed by atoms with Gasteiger partial charge in [0.2, 0.25) is 0 Å². The Labute approximate surface area is 230 Å². The van der Waals surface area contributed by atoms with E-state index in [-0.39, 0.29) is 27.0 Å². The van der Waals surface area contributed by atoms with Crippen molar-refractivity contribution in [2.75, 3.05) is 26.2 Å². The fraction of sp³-hybridized carbons (Fsp3) is 0.375. The molecule has 2 aromatic rings. The first-order valence-corrected chi connectivity index (χ1v) is 12.4. The van der Waals surface area contributed by atoms with Gasteiger partial charge in [0.25, 0.3) is 0 Å². The van der Waals surface area contributed by atoms with Crippen LogP contribution in [-0.4, -0.2) is 48.2 Å². The molecule has 2 amide bonds. The minimum absolute atomic E-state index is 0. The number of hydrogen-bond acceptors (Lipinski definition) is 4. The van der Waals surface area contributed by atoms with Crippen molar-refractivity contribution in [2.24, 2.45) is 0 Å². The Hall–Kier alpha value is -3.80. The number of hydrogen-bond donors (Lipinski definition) is 0. The molecule has 38 heavy (non-hydrogen) atoms. The monoisotopic (exact) mass is 522 g/mol. The highest BCUT2D eigenvalue weighted by molar-refractivity contribution is 5.68. The van der Waals surface area contributed by atoms with Gasteiger partial charge in [-0.3, -0.25) is 0 Å². The number of carbonyl (C=O) groups is 2. The maximum absolute atomic E-state index is 12.0. The van der Waals surface area contributed by atoms with Crippen molar-refractivity contribution in [1.29, 1.82) is 0 Å². The van der Waals surface area contributed by atoms with Crippen molar-refractivity contribution in [2.45, 2.75) is 53.8 Å². The molecule has 0 radical (unpaired) electrons. The molecular weight excluding hydrogens is 476 g/mol. The van der Waals surface area contributed by atoms with Crippen molar-refractivity contribution in [1.82, 2.24) is 9.80 Å². The average Bonchev–Trinajstić information content (AvgIpc) is 3.22. The Morgan fingerprint density at radius 3 is 1.66 bits per heavy atom. The number of ether oxygens (including phenoxy) is 2. The van der Waals surface area contributed by atoms with E-state index in [2.05, 4.69) is 25.3 Å². The lowest BCUT2D eigenvalue weighted by Gasteiger charge is -2.21. The second-order valence-electron chi connectivity index (χ2n) is 8.26. The second-order valence-corrected chi connectivity index (χ2v) is 8.26. The fourth-order valence-corrected chi connectivity index (χ4v) is 3.40. The minimum Gasteiger partial charge on any atom is -0.445 e. The van der Waals surface area contributed by atoms with Crippen LogP contribution in [0.3, 0.4) is 0 Å². The van der Waals surface area contributed by atoms with Crippen LogP contribution in [-0.2, 0) is 22.7 Å². The Morgan fingerprint density at radius 2 is 1.21 bits per heavy atom. The normalized spacial score (nSPS) is 11.7. The van der Waals surface area contributed by atoms with Gasteiger partial charge in [0.15, 0.2) is 0 Å². The third-order valence-electron chi connectivity index (χ3n) is 5.43. The lowest BCUT2D eigenvalue weighted by atomic mass is 10.2. The zero-order chi connectivity index (χ0) is 25.8. The van der Waals surface area contributed by atoms with Crippen molar-refractivity contribution >= 4 is 12.2 Å². The highest BCUT2D eigenvalue weighted by Gasteiger charge is 2.15.